The van der Waals surface area contributed by atoms with Crippen molar-refractivity contribution in [1.82, 2.24) is 0 Å². The summed E-state index contributed by atoms with van der Waals surface area (Å²) in [5, 5.41) is 3.45. The molecule has 1 N–H and O–H groups in total. The Morgan fingerprint density at radius 1 is 1.25 bits per heavy atom. The molecule has 0 aliphatic heterocycles. The smallest absolute Gasteiger partial charge is 0.141 e. The normalized spacial score (nSPS) is 12.1. The minimum absolute atomic E-state index is 0.000943. The highest BCUT2D eigenvalue weighted by Gasteiger charge is 2.09. The lowest BCUT2D eigenvalue weighted by atomic mass is 10.1. The number of methoxy groups -OCH3 is 1. The van der Waals surface area contributed by atoms with Crippen molar-refractivity contribution in [3.8, 4) is 5.75 Å². The number of ether oxygens (including phenoxy) is 1. The molecule has 0 saturated heterocycles. The Bertz CT molecular complexity index is 621. The summed E-state index contributed by atoms with van der Waals surface area (Å²) in [5.74, 6) is 0.340. The van der Waals surface area contributed by atoms with E-state index in [0.717, 1.165) is 21.5 Å². The monoisotopic (exact) mass is 357 g/mol. The molecule has 0 heterocycles. The van der Waals surface area contributed by atoms with E-state index in [0.29, 0.717) is 0 Å². The maximum Gasteiger partial charge on any atom is 0.141 e. The molecule has 0 radical (unpaired) electrons. The fraction of sp³-hybridized carbons (Fsp3) is 0.200. The summed E-state index contributed by atoms with van der Waals surface area (Å²) in [6, 6.07) is 10.5. The van der Waals surface area contributed by atoms with Crippen LogP contribution < -0.4 is 10.1 Å². The Hall–Kier alpha value is -1.26. The van der Waals surface area contributed by atoms with E-state index < -0.39 is 5.82 Å². The molecule has 2 aromatic rings. The number of hydrogen-bond acceptors (Lipinski definition) is 2. The minimum Gasteiger partial charge on any atom is -0.495 e. The molecular formula is C15H14BrClFNO. The van der Waals surface area contributed by atoms with Gasteiger partial charge in [0, 0.05) is 17.8 Å². The van der Waals surface area contributed by atoms with Crippen LogP contribution in [0.2, 0.25) is 5.02 Å². The van der Waals surface area contributed by atoms with E-state index in [2.05, 4.69) is 21.2 Å². The first-order valence-corrected chi connectivity index (χ1v) is 7.23. The fourth-order valence-electron chi connectivity index (χ4n) is 1.86. The van der Waals surface area contributed by atoms with Crippen LogP contribution in [-0.4, -0.2) is 7.11 Å². The highest BCUT2D eigenvalue weighted by Crippen LogP contribution is 2.30. The molecule has 0 aliphatic rings. The third kappa shape index (κ3) is 3.44. The molecule has 0 saturated carbocycles. The van der Waals surface area contributed by atoms with Crippen LogP contribution in [0.1, 0.15) is 18.5 Å². The molecule has 2 rings (SSSR count). The van der Waals surface area contributed by atoms with Crippen LogP contribution in [0.4, 0.5) is 10.1 Å². The molecule has 0 amide bonds. The second kappa shape index (κ2) is 6.46. The first kappa shape index (κ1) is 15.1. The van der Waals surface area contributed by atoms with Gasteiger partial charge in [0.25, 0.3) is 0 Å². The number of nitrogens with one attached hydrogen (secondary N) is 1. The van der Waals surface area contributed by atoms with Crippen molar-refractivity contribution in [2.45, 2.75) is 13.0 Å². The summed E-state index contributed by atoms with van der Waals surface area (Å²) in [6.45, 7) is 1.98. The van der Waals surface area contributed by atoms with Gasteiger partial charge in [-0.1, -0.05) is 17.7 Å². The van der Waals surface area contributed by atoms with Gasteiger partial charge in [0.15, 0.2) is 0 Å². The van der Waals surface area contributed by atoms with Gasteiger partial charge in [0.05, 0.1) is 16.6 Å². The topological polar surface area (TPSA) is 21.3 Å². The second-order valence-electron chi connectivity index (χ2n) is 4.39. The zero-order valence-corrected chi connectivity index (χ0v) is 13.4. The van der Waals surface area contributed by atoms with Crippen molar-refractivity contribution in [3.05, 3.63) is 57.3 Å². The molecule has 106 valence electrons. The number of halogens is 3. The molecule has 0 aliphatic carbocycles. The molecule has 1 atom stereocenters. The average Bonchev–Trinajstić information content (AvgIpc) is 2.43. The number of anilines is 1. The summed E-state index contributed by atoms with van der Waals surface area (Å²) in [4.78, 5) is 0. The average molecular weight is 359 g/mol. The van der Waals surface area contributed by atoms with Crippen LogP contribution in [0.3, 0.4) is 0 Å². The second-order valence-corrected chi connectivity index (χ2v) is 5.65. The van der Waals surface area contributed by atoms with Gasteiger partial charge in [0.2, 0.25) is 0 Å². The van der Waals surface area contributed by atoms with Crippen LogP contribution in [0.5, 0.6) is 5.75 Å². The Morgan fingerprint density at radius 2 is 2.00 bits per heavy atom. The van der Waals surface area contributed by atoms with E-state index in [1.54, 1.807) is 19.2 Å². The number of hydrogen-bond donors (Lipinski definition) is 1. The van der Waals surface area contributed by atoms with Gasteiger partial charge in [-0.25, -0.2) is 4.39 Å². The van der Waals surface area contributed by atoms with Crippen molar-refractivity contribution in [3.63, 3.8) is 0 Å². The van der Waals surface area contributed by atoms with Crippen molar-refractivity contribution < 1.29 is 9.13 Å². The standard InChI is InChI=1S/C15H14BrClFNO/c1-9(10-3-6-14(18)13(17)7-10)19-11-4-5-12(16)15(8-11)20-2/h3-9,19H,1-2H3. The van der Waals surface area contributed by atoms with Crippen LogP contribution in [0.15, 0.2) is 40.9 Å². The van der Waals surface area contributed by atoms with Crippen molar-refractivity contribution >= 4 is 33.2 Å². The first-order valence-electron chi connectivity index (χ1n) is 6.06. The molecule has 2 nitrogen and oxygen atoms in total. The molecule has 5 heteroatoms. The van der Waals surface area contributed by atoms with E-state index in [4.69, 9.17) is 16.3 Å². The van der Waals surface area contributed by atoms with E-state index in [1.807, 2.05) is 25.1 Å². The maximum absolute atomic E-state index is 13.2. The zero-order chi connectivity index (χ0) is 14.7. The first-order chi connectivity index (χ1) is 9.51. The third-order valence-corrected chi connectivity index (χ3v) is 3.92. The quantitative estimate of drug-likeness (QED) is 0.787. The maximum atomic E-state index is 13.2. The third-order valence-electron chi connectivity index (χ3n) is 2.98. The van der Waals surface area contributed by atoms with E-state index in [1.165, 1.54) is 6.07 Å². The summed E-state index contributed by atoms with van der Waals surface area (Å²) in [7, 11) is 1.62. The Morgan fingerprint density at radius 3 is 2.65 bits per heavy atom. The zero-order valence-electron chi connectivity index (χ0n) is 11.1. The van der Waals surface area contributed by atoms with Crippen molar-refractivity contribution in [1.29, 1.82) is 0 Å². The SMILES string of the molecule is COc1cc(NC(C)c2ccc(F)c(Cl)c2)ccc1Br. The van der Waals surface area contributed by atoms with Crippen molar-refractivity contribution in [2.24, 2.45) is 0 Å². The van der Waals surface area contributed by atoms with Gasteiger partial charge in [0.1, 0.15) is 11.6 Å². The molecule has 20 heavy (non-hydrogen) atoms. The highest BCUT2D eigenvalue weighted by atomic mass is 79.9. The van der Waals surface area contributed by atoms with Gasteiger partial charge in [-0.05, 0) is 52.7 Å². The van der Waals surface area contributed by atoms with Crippen molar-refractivity contribution in [2.75, 3.05) is 12.4 Å². The van der Waals surface area contributed by atoms with E-state index >= 15 is 0 Å². The predicted octanol–water partition coefficient (Wildman–Crippen LogP) is 5.42. The molecule has 0 spiro atoms. The van der Waals surface area contributed by atoms with Gasteiger partial charge in [-0.2, -0.15) is 0 Å². The van der Waals surface area contributed by atoms with Crippen LogP contribution in [0.25, 0.3) is 0 Å². The Labute approximate surface area is 131 Å². The van der Waals surface area contributed by atoms with Crippen LogP contribution in [-0.2, 0) is 0 Å². The van der Waals surface area contributed by atoms with Gasteiger partial charge < -0.3 is 10.1 Å². The number of rotatable bonds is 4. The molecule has 1 unspecified atom stereocenters. The predicted molar refractivity (Wildman–Crippen MR) is 84.1 cm³/mol. The van der Waals surface area contributed by atoms with Gasteiger partial charge in [-0.3, -0.25) is 0 Å². The van der Waals surface area contributed by atoms with Crippen LogP contribution >= 0.6 is 27.5 Å². The lowest BCUT2D eigenvalue weighted by molar-refractivity contribution is 0.412. The Kier molecular flexibility index (Phi) is 4.89. The fourth-order valence-corrected chi connectivity index (χ4v) is 2.46. The molecule has 0 fully saturated rings. The Balaban J connectivity index is 2.18. The molecular weight excluding hydrogens is 345 g/mol. The minimum atomic E-state index is -0.409. The summed E-state index contributed by atoms with van der Waals surface area (Å²) < 4.78 is 19.3. The van der Waals surface area contributed by atoms with E-state index in [9.17, 15) is 4.39 Å². The van der Waals surface area contributed by atoms with Gasteiger partial charge >= 0.3 is 0 Å². The molecule has 0 bridgehead atoms. The largest absolute Gasteiger partial charge is 0.495 e. The summed E-state index contributed by atoms with van der Waals surface area (Å²) in [5.41, 5.74) is 1.83. The molecule has 2 aromatic carbocycles. The van der Waals surface area contributed by atoms with Crippen LogP contribution in [0, 0.1) is 5.82 Å². The summed E-state index contributed by atoms with van der Waals surface area (Å²) in [6.07, 6.45) is 0. The highest BCUT2D eigenvalue weighted by molar-refractivity contribution is 9.10. The summed E-state index contributed by atoms with van der Waals surface area (Å²) >= 11 is 9.21. The lowest BCUT2D eigenvalue weighted by Crippen LogP contribution is -2.07. The van der Waals surface area contributed by atoms with E-state index in [-0.39, 0.29) is 11.1 Å². The lowest BCUT2D eigenvalue weighted by Gasteiger charge is -2.17. The molecule has 0 aromatic heterocycles. The van der Waals surface area contributed by atoms with Gasteiger partial charge in [-0.15, -0.1) is 0 Å². The number of benzene rings is 2.